The molecule has 2 rings (SSSR count). The van der Waals surface area contributed by atoms with Gasteiger partial charge in [-0.3, -0.25) is 0 Å². The van der Waals surface area contributed by atoms with Crippen LogP contribution in [0.2, 0.25) is 0 Å². The molecule has 0 aliphatic rings. The van der Waals surface area contributed by atoms with Gasteiger partial charge in [-0.2, -0.15) is 0 Å². The number of methoxy groups -OCH3 is 1. The summed E-state index contributed by atoms with van der Waals surface area (Å²) >= 11 is 0. The van der Waals surface area contributed by atoms with Crippen molar-refractivity contribution in [3.8, 4) is 5.75 Å². The van der Waals surface area contributed by atoms with Crippen LogP contribution < -0.4 is 4.74 Å². The summed E-state index contributed by atoms with van der Waals surface area (Å²) in [6.45, 7) is 3.70. The maximum absolute atomic E-state index is 13.3. The maximum Gasteiger partial charge on any atom is 0.356 e. The fourth-order valence-electron chi connectivity index (χ4n) is 1.73. The monoisotopic (exact) mass is 263 g/mol. The second-order valence-electron chi connectivity index (χ2n) is 4.33. The van der Waals surface area contributed by atoms with Gasteiger partial charge in [0.2, 0.25) is 0 Å². The normalized spacial score (nSPS) is 10.8. The number of carbonyl (C=O) groups excluding carboxylic acids is 1. The fourth-order valence-corrected chi connectivity index (χ4v) is 1.73. The number of hydrogen-bond acceptors (Lipinski definition) is 4. The first-order chi connectivity index (χ1) is 9.01. The molecule has 0 aliphatic carbocycles. The highest BCUT2D eigenvalue weighted by Gasteiger charge is 2.14. The zero-order valence-electron chi connectivity index (χ0n) is 10.9. The Morgan fingerprint density at radius 3 is 2.68 bits per heavy atom. The van der Waals surface area contributed by atoms with E-state index in [2.05, 4.69) is 9.72 Å². The lowest BCUT2D eigenvalue weighted by atomic mass is 10.1. The molecule has 1 aromatic carbocycles. The van der Waals surface area contributed by atoms with Crippen molar-refractivity contribution in [2.24, 2.45) is 0 Å². The van der Waals surface area contributed by atoms with Gasteiger partial charge < -0.3 is 9.47 Å². The average molecular weight is 263 g/mol. The number of benzene rings is 1. The van der Waals surface area contributed by atoms with Gasteiger partial charge >= 0.3 is 5.97 Å². The summed E-state index contributed by atoms with van der Waals surface area (Å²) in [5.41, 5.74) is 0.622. The molecule has 1 aromatic heterocycles. The standard InChI is InChI=1S/C14H14FNO3/c1-8(2)19-13-7-12(14(17)18-3)16-11-5-4-9(15)6-10(11)13/h4-8H,1-3H3. The highest BCUT2D eigenvalue weighted by molar-refractivity contribution is 5.94. The number of carbonyl (C=O) groups is 1. The molecule has 0 fully saturated rings. The molecule has 0 aliphatic heterocycles. The molecule has 2 aromatic rings. The first kappa shape index (κ1) is 13.3. The molecule has 0 spiro atoms. The summed E-state index contributed by atoms with van der Waals surface area (Å²) in [5, 5.41) is 0.529. The molecular formula is C14H14FNO3. The lowest BCUT2D eigenvalue weighted by Crippen LogP contribution is -2.09. The Hall–Kier alpha value is -2.17. The number of nitrogens with zero attached hydrogens (tertiary/aromatic N) is 1. The zero-order chi connectivity index (χ0) is 14.0. The summed E-state index contributed by atoms with van der Waals surface area (Å²) in [7, 11) is 1.28. The summed E-state index contributed by atoms with van der Waals surface area (Å²) in [4.78, 5) is 15.7. The van der Waals surface area contributed by atoms with Crippen LogP contribution in [0.25, 0.3) is 10.9 Å². The number of ether oxygens (including phenoxy) is 2. The molecule has 0 radical (unpaired) electrons. The van der Waals surface area contributed by atoms with Crippen LogP contribution in [-0.2, 0) is 4.74 Å². The Labute approximate surface area is 110 Å². The van der Waals surface area contributed by atoms with E-state index in [-0.39, 0.29) is 17.6 Å². The smallest absolute Gasteiger partial charge is 0.356 e. The minimum Gasteiger partial charge on any atom is -0.490 e. The van der Waals surface area contributed by atoms with E-state index in [1.54, 1.807) is 0 Å². The highest BCUT2D eigenvalue weighted by Crippen LogP contribution is 2.27. The number of hydrogen-bond donors (Lipinski definition) is 0. The van der Waals surface area contributed by atoms with Crippen LogP contribution in [0.5, 0.6) is 5.75 Å². The molecule has 0 amide bonds. The number of fused-ring (bicyclic) bond motifs is 1. The molecule has 0 saturated carbocycles. The summed E-state index contributed by atoms with van der Waals surface area (Å²) < 4.78 is 23.5. The van der Waals surface area contributed by atoms with Crippen LogP contribution >= 0.6 is 0 Å². The molecule has 0 atom stereocenters. The molecule has 5 heteroatoms. The molecule has 0 bridgehead atoms. The van der Waals surface area contributed by atoms with Crippen molar-refractivity contribution in [3.05, 3.63) is 35.8 Å². The number of esters is 1. The second-order valence-corrected chi connectivity index (χ2v) is 4.33. The van der Waals surface area contributed by atoms with E-state index in [0.717, 1.165) is 0 Å². The highest BCUT2D eigenvalue weighted by atomic mass is 19.1. The number of pyridine rings is 1. The van der Waals surface area contributed by atoms with Crippen LogP contribution in [-0.4, -0.2) is 24.2 Å². The van der Waals surface area contributed by atoms with Crippen molar-refractivity contribution in [1.29, 1.82) is 0 Å². The molecule has 19 heavy (non-hydrogen) atoms. The van der Waals surface area contributed by atoms with E-state index in [1.165, 1.54) is 31.4 Å². The Morgan fingerprint density at radius 2 is 2.05 bits per heavy atom. The fraction of sp³-hybridized carbons (Fsp3) is 0.286. The van der Waals surface area contributed by atoms with Crippen molar-refractivity contribution >= 4 is 16.9 Å². The van der Waals surface area contributed by atoms with Crippen LogP contribution in [0.4, 0.5) is 4.39 Å². The minimum absolute atomic E-state index is 0.0978. The van der Waals surface area contributed by atoms with Gasteiger partial charge in [0.1, 0.15) is 11.6 Å². The van der Waals surface area contributed by atoms with Crippen LogP contribution in [0.15, 0.2) is 24.3 Å². The predicted octanol–water partition coefficient (Wildman–Crippen LogP) is 2.95. The van der Waals surface area contributed by atoms with Gasteiger partial charge in [-0.25, -0.2) is 14.2 Å². The van der Waals surface area contributed by atoms with E-state index in [4.69, 9.17) is 4.74 Å². The lowest BCUT2D eigenvalue weighted by Gasteiger charge is -2.13. The van der Waals surface area contributed by atoms with E-state index in [1.807, 2.05) is 13.8 Å². The number of rotatable bonds is 3. The summed E-state index contributed by atoms with van der Waals surface area (Å²) in [5.74, 6) is -0.520. The van der Waals surface area contributed by atoms with E-state index in [0.29, 0.717) is 16.7 Å². The van der Waals surface area contributed by atoms with E-state index in [9.17, 15) is 9.18 Å². The molecule has 0 unspecified atom stereocenters. The largest absolute Gasteiger partial charge is 0.490 e. The van der Waals surface area contributed by atoms with Crippen LogP contribution in [0, 0.1) is 5.82 Å². The van der Waals surface area contributed by atoms with Gasteiger partial charge in [-0.1, -0.05) is 0 Å². The number of aromatic nitrogens is 1. The van der Waals surface area contributed by atoms with E-state index < -0.39 is 5.97 Å². The van der Waals surface area contributed by atoms with Crippen molar-refractivity contribution in [1.82, 2.24) is 4.98 Å². The van der Waals surface area contributed by atoms with Crippen molar-refractivity contribution in [2.75, 3.05) is 7.11 Å². The third kappa shape index (κ3) is 2.81. The first-order valence-electron chi connectivity index (χ1n) is 5.86. The zero-order valence-corrected chi connectivity index (χ0v) is 10.9. The molecule has 0 saturated heterocycles. The van der Waals surface area contributed by atoms with Gasteiger partial charge in [0, 0.05) is 11.5 Å². The molecule has 0 N–H and O–H groups in total. The van der Waals surface area contributed by atoms with E-state index >= 15 is 0 Å². The van der Waals surface area contributed by atoms with Crippen LogP contribution in [0.3, 0.4) is 0 Å². The van der Waals surface area contributed by atoms with Gasteiger partial charge in [0.05, 0.1) is 18.7 Å². The summed E-state index contributed by atoms with van der Waals surface area (Å²) in [6, 6.07) is 5.59. The van der Waals surface area contributed by atoms with Gasteiger partial charge in [-0.15, -0.1) is 0 Å². The predicted molar refractivity (Wildman–Crippen MR) is 68.8 cm³/mol. The average Bonchev–Trinajstić information content (AvgIpc) is 2.37. The Kier molecular flexibility index (Phi) is 3.64. The van der Waals surface area contributed by atoms with Crippen molar-refractivity contribution < 1.29 is 18.7 Å². The molecule has 100 valence electrons. The third-order valence-corrected chi connectivity index (χ3v) is 2.49. The quantitative estimate of drug-likeness (QED) is 0.799. The van der Waals surface area contributed by atoms with Crippen molar-refractivity contribution in [2.45, 2.75) is 20.0 Å². The van der Waals surface area contributed by atoms with Crippen molar-refractivity contribution in [3.63, 3.8) is 0 Å². The molecule has 4 nitrogen and oxygen atoms in total. The molecule has 1 heterocycles. The minimum atomic E-state index is -0.556. The first-order valence-corrected chi connectivity index (χ1v) is 5.86. The van der Waals surface area contributed by atoms with Crippen LogP contribution in [0.1, 0.15) is 24.3 Å². The Bertz CT molecular complexity index is 625. The second kappa shape index (κ2) is 5.22. The molecular weight excluding hydrogens is 249 g/mol. The van der Waals surface area contributed by atoms with Gasteiger partial charge in [0.15, 0.2) is 5.69 Å². The topological polar surface area (TPSA) is 48.4 Å². The Morgan fingerprint density at radius 1 is 1.32 bits per heavy atom. The lowest BCUT2D eigenvalue weighted by molar-refractivity contribution is 0.0593. The maximum atomic E-state index is 13.3. The van der Waals surface area contributed by atoms with Gasteiger partial charge in [-0.05, 0) is 32.0 Å². The number of halogens is 1. The third-order valence-electron chi connectivity index (χ3n) is 2.49. The summed E-state index contributed by atoms with van der Waals surface area (Å²) in [6.07, 6.45) is -0.0978. The SMILES string of the molecule is COC(=O)c1cc(OC(C)C)c2cc(F)ccc2n1. The van der Waals surface area contributed by atoms with Gasteiger partial charge in [0.25, 0.3) is 0 Å². The Balaban J connectivity index is 2.65.